The highest BCUT2D eigenvalue weighted by molar-refractivity contribution is 5.31. The smallest absolute Gasteiger partial charge is 0.144 e. The second kappa shape index (κ2) is 6.12. The SMILES string of the molecule is Cc1cncc(NCC(O)Cc2ccccc2)n1. The number of aromatic nitrogens is 2. The Bertz CT molecular complexity index is 487. The number of benzene rings is 1. The molecule has 1 heterocycles. The molecule has 0 radical (unpaired) electrons. The molecule has 2 rings (SSSR count). The number of rotatable bonds is 5. The highest BCUT2D eigenvalue weighted by Crippen LogP contribution is 2.05. The number of aliphatic hydroxyl groups is 1. The third-order valence-electron chi connectivity index (χ3n) is 2.59. The van der Waals surface area contributed by atoms with Crippen molar-refractivity contribution in [3.8, 4) is 0 Å². The lowest BCUT2D eigenvalue weighted by Crippen LogP contribution is -2.22. The average Bonchev–Trinajstić information content (AvgIpc) is 2.38. The molecule has 4 nitrogen and oxygen atoms in total. The fourth-order valence-electron chi connectivity index (χ4n) is 1.73. The molecule has 0 aliphatic heterocycles. The molecule has 1 aromatic heterocycles. The van der Waals surface area contributed by atoms with Crippen molar-refractivity contribution in [3.05, 3.63) is 54.0 Å². The minimum absolute atomic E-state index is 0.435. The molecule has 0 aliphatic rings. The minimum Gasteiger partial charge on any atom is -0.391 e. The number of aliphatic hydroxyl groups excluding tert-OH is 1. The van der Waals surface area contributed by atoms with Gasteiger partial charge in [-0.15, -0.1) is 0 Å². The lowest BCUT2D eigenvalue weighted by atomic mass is 10.1. The number of nitrogens with zero attached hydrogens (tertiary/aromatic N) is 2. The van der Waals surface area contributed by atoms with Crippen LogP contribution in [0.5, 0.6) is 0 Å². The predicted molar refractivity (Wildman–Crippen MR) is 71.4 cm³/mol. The summed E-state index contributed by atoms with van der Waals surface area (Å²) in [5.41, 5.74) is 1.99. The van der Waals surface area contributed by atoms with Crippen LogP contribution in [0.2, 0.25) is 0 Å². The Morgan fingerprint density at radius 2 is 2.00 bits per heavy atom. The number of nitrogens with one attached hydrogen (secondary N) is 1. The summed E-state index contributed by atoms with van der Waals surface area (Å²) in [4.78, 5) is 8.31. The monoisotopic (exact) mass is 243 g/mol. The van der Waals surface area contributed by atoms with E-state index in [1.54, 1.807) is 12.4 Å². The molecule has 2 aromatic rings. The molecular weight excluding hydrogens is 226 g/mol. The highest BCUT2D eigenvalue weighted by Gasteiger charge is 2.05. The van der Waals surface area contributed by atoms with Gasteiger partial charge in [-0.1, -0.05) is 30.3 Å². The molecule has 0 fully saturated rings. The number of anilines is 1. The van der Waals surface area contributed by atoms with Gasteiger partial charge in [-0.25, -0.2) is 4.98 Å². The molecule has 1 aromatic carbocycles. The summed E-state index contributed by atoms with van der Waals surface area (Å²) in [5.74, 6) is 0.696. The Balaban J connectivity index is 1.83. The van der Waals surface area contributed by atoms with Crippen LogP contribution in [0.15, 0.2) is 42.7 Å². The van der Waals surface area contributed by atoms with E-state index in [-0.39, 0.29) is 0 Å². The van der Waals surface area contributed by atoms with Crippen molar-refractivity contribution in [3.63, 3.8) is 0 Å². The number of hydrogen-bond donors (Lipinski definition) is 2. The molecule has 0 aliphatic carbocycles. The van der Waals surface area contributed by atoms with E-state index in [0.717, 1.165) is 11.3 Å². The van der Waals surface area contributed by atoms with Crippen LogP contribution in [-0.2, 0) is 6.42 Å². The quantitative estimate of drug-likeness (QED) is 0.840. The van der Waals surface area contributed by atoms with E-state index >= 15 is 0 Å². The lowest BCUT2D eigenvalue weighted by Gasteiger charge is -2.12. The van der Waals surface area contributed by atoms with Crippen molar-refractivity contribution in [2.24, 2.45) is 0 Å². The van der Waals surface area contributed by atoms with E-state index in [2.05, 4.69) is 15.3 Å². The van der Waals surface area contributed by atoms with E-state index < -0.39 is 6.10 Å². The Hall–Kier alpha value is -1.94. The van der Waals surface area contributed by atoms with E-state index in [9.17, 15) is 5.11 Å². The van der Waals surface area contributed by atoms with E-state index in [1.807, 2.05) is 37.3 Å². The van der Waals surface area contributed by atoms with Crippen molar-refractivity contribution in [1.29, 1.82) is 0 Å². The summed E-state index contributed by atoms with van der Waals surface area (Å²) in [6, 6.07) is 9.94. The molecule has 0 saturated heterocycles. The zero-order chi connectivity index (χ0) is 12.8. The minimum atomic E-state index is -0.435. The summed E-state index contributed by atoms with van der Waals surface area (Å²) in [6.07, 6.45) is 3.55. The van der Waals surface area contributed by atoms with Crippen LogP contribution in [0, 0.1) is 6.92 Å². The van der Waals surface area contributed by atoms with Crippen molar-refractivity contribution >= 4 is 5.82 Å². The summed E-state index contributed by atoms with van der Waals surface area (Å²) in [6.45, 7) is 2.35. The Labute approximate surface area is 107 Å². The Morgan fingerprint density at radius 1 is 1.22 bits per heavy atom. The maximum atomic E-state index is 9.92. The summed E-state index contributed by atoms with van der Waals surface area (Å²) in [7, 11) is 0. The van der Waals surface area contributed by atoms with E-state index in [1.165, 1.54) is 0 Å². The normalized spacial score (nSPS) is 12.1. The van der Waals surface area contributed by atoms with Crippen LogP contribution in [0.25, 0.3) is 0 Å². The number of hydrogen-bond acceptors (Lipinski definition) is 4. The summed E-state index contributed by atoms with van der Waals surface area (Å²) in [5, 5.41) is 13.0. The zero-order valence-electron chi connectivity index (χ0n) is 10.4. The van der Waals surface area contributed by atoms with Crippen LogP contribution >= 0.6 is 0 Å². The van der Waals surface area contributed by atoms with Gasteiger partial charge in [-0.05, 0) is 12.5 Å². The first-order chi connectivity index (χ1) is 8.74. The molecular formula is C14H17N3O. The highest BCUT2D eigenvalue weighted by atomic mass is 16.3. The lowest BCUT2D eigenvalue weighted by molar-refractivity contribution is 0.188. The molecule has 0 amide bonds. The van der Waals surface area contributed by atoms with Gasteiger partial charge >= 0.3 is 0 Å². The molecule has 1 unspecified atom stereocenters. The van der Waals surface area contributed by atoms with Crippen molar-refractivity contribution in [1.82, 2.24) is 9.97 Å². The van der Waals surface area contributed by atoms with Crippen LogP contribution in [0.3, 0.4) is 0 Å². The standard InChI is InChI=1S/C14H17N3O/c1-11-8-15-10-14(17-11)16-9-13(18)7-12-5-3-2-4-6-12/h2-6,8,10,13,18H,7,9H2,1H3,(H,16,17). The molecule has 2 N–H and O–H groups in total. The van der Waals surface area contributed by atoms with Crippen LogP contribution in [-0.4, -0.2) is 27.7 Å². The molecule has 0 bridgehead atoms. The van der Waals surface area contributed by atoms with Crippen LogP contribution in [0.4, 0.5) is 5.82 Å². The topological polar surface area (TPSA) is 58.0 Å². The van der Waals surface area contributed by atoms with Crippen molar-refractivity contribution < 1.29 is 5.11 Å². The van der Waals surface area contributed by atoms with Gasteiger partial charge in [0.05, 0.1) is 18.0 Å². The number of aryl methyl sites for hydroxylation is 1. The predicted octanol–water partition coefficient (Wildman–Crippen LogP) is 1.80. The first-order valence-corrected chi connectivity index (χ1v) is 5.98. The van der Waals surface area contributed by atoms with Gasteiger partial charge < -0.3 is 10.4 Å². The van der Waals surface area contributed by atoms with Gasteiger partial charge in [-0.2, -0.15) is 0 Å². The maximum absolute atomic E-state index is 9.92. The molecule has 18 heavy (non-hydrogen) atoms. The summed E-state index contributed by atoms with van der Waals surface area (Å²) >= 11 is 0. The van der Waals surface area contributed by atoms with Gasteiger partial charge in [0.2, 0.25) is 0 Å². The van der Waals surface area contributed by atoms with Crippen LogP contribution in [0.1, 0.15) is 11.3 Å². The molecule has 0 spiro atoms. The van der Waals surface area contributed by atoms with Gasteiger partial charge in [0.25, 0.3) is 0 Å². The maximum Gasteiger partial charge on any atom is 0.144 e. The first kappa shape index (κ1) is 12.5. The molecule has 0 saturated carbocycles. The first-order valence-electron chi connectivity index (χ1n) is 5.98. The fraction of sp³-hybridized carbons (Fsp3) is 0.286. The van der Waals surface area contributed by atoms with Gasteiger partial charge in [-0.3, -0.25) is 4.98 Å². The van der Waals surface area contributed by atoms with Gasteiger partial charge in [0, 0.05) is 19.2 Å². The largest absolute Gasteiger partial charge is 0.391 e. The van der Waals surface area contributed by atoms with Crippen molar-refractivity contribution in [2.75, 3.05) is 11.9 Å². The third kappa shape index (κ3) is 3.82. The van der Waals surface area contributed by atoms with E-state index in [4.69, 9.17) is 0 Å². The Morgan fingerprint density at radius 3 is 2.72 bits per heavy atom. The van der Waals surface area contributed by atoms with E-state index in [0.29, 0.717) is 18.8 Å². The summed E-state index contributed by atoms with van der Waals surface area (Å²) < 4.78 is 0. The molecule has 1 atom stereocenters. The zero-order valence-corrected chi connectivity index (χ0v) is 10.4. The average molecular weight is 243 g/mol. The van der Waals surface area contributed by atoms with Crippen molar-refractivity contribution in [2.45, 2.75) is 19.4 Å². The second-order valence-electron chi connectivity index (χ2n) is 4.27. The molecule has 94 valence electrons. The second-order valence-corrected chi connectivity index (χ2v) is 4.27. The van der Waals surface area contributed by atoms with Gasteiger partial charge in [0.15, 0.2) is 0 Å². The molecule has 4 heteroatoms. The third-order valence-corrected chi connectivity index (χ3v) is 2.59. The fourth-order valence-corrected chi connectivity index (χ4v) is 1.73. The Kier molecular flexibility index (Phi) is 4.25. The van der Waals surface area contributed by atoms with Gasteiger partial charge in [0.1, 0.15) is 5.82 Å². The van der Waals surface area contributed by atoms with Crippen LogP contribution < -0.4 is 5.32 Å².